The summed E-state index contributed by atoms with van der Waals surface area (Å²) in [5, 5.41) is 17.0. The Morgan fingerprint density at radius 2 is 2.15 bits per heavy atom. The number of nitrogen functional groups attached to an aromatic ring is 1. The van der Waals surface area contributed by atoms with Crippen LogP contribution in [0, 0.1) is 0 Å². The number of hydrogen-bond donors (Lipinski definition) is 3. The molecule has 13 heavy (non-hydrogen) atoms. The van der Waals surface area contributed by atoms with Crippen LogP contribution in [0.1, 0.15) is 0 Å². The summed E-state index contributed by atoms with van der Waals surface area (Å²) >= 11 is 0. The smallest absolute Gasteiger partial charge is 0.154 e. The molecule has 6 heteroatoms. The Morgan fingerprint density at radius 3 is 2.77 bits per heavy atom. The molecule has 0 aliphatic rings. The van der Waals surface area contributed by atoms with Crippen molar-refractivity contribution in [2.24, 2.45) is 0 Å². The van der Waals surface area contributed by atoms with Crippen LogP contribution in [0.5, 0.6) is 0 Å². The lowest BCUT2D eigenvalue weighted by atomic mass is 10.5. The van der Waals surface area contributed by atoms with E-state index >= 15 is 0 Å². The van der Waals surface area contributed by atoms with Gasteiger partial charge in [0.05, 0.1) is 6.20 Å². The van der Waals surface area contributed by atoms with Crippen LogP contribution in [0.15, 0.2) is 24.4 Å². The molecule has 0 radical (unpaired) electrons. The minimum atomic E-state index is 0.398. The van der Waals surface area contributed by atoms with Crippen LogP contribution in [-0.2, 0) is 0 Å². The van der Waals surface area contributed by atoms with Crippen LogP contribution in [0.2, 0.25) is 0 Å². The van der Waals surface area contributed by atoms with Crippen LogP contribution in [-0.4, -0.2) is 20.4 Å². The van der Waals surface area contributed by atoms with Crippen molar-refractivity contribution in [3.05, 3.63) is 24.4 Å². The first-order chi connectivity index (χ1) is 6.34. The van der Waals surface area contributed by atoms with Gasteiger partial charge in [0, 0.05) is 6.07 Å². The van der Waals surface area contributed by atoms with Crippen molar-refractivity contribution in [2.75, 3.05) is 11.1 Å². The SMILES string of the molecule is Nc1ccc(Nc2ccn[nH]2)nn1. The van der Waals surface area contributed by atoms with Crippen molar-refractivity contribution in [3.8, 4) is 0 Å². The van der Waals surface area contributed by atoms with Gasteiger partial charge in [-0.2, -0.15) is 5.10 Å². The Morgan fingerprint density at radius 1 is 1.23 bits per heavy atom. The Hall–Kier alpha value is -2.11. The number of H-pyrrole nitrogens is 1. The van der Waals surface area contributed by atoms with E-state index in [0.717, 1.165) is 5.82 Å². The maximum absolute atomic E-state index is 5.38. The van der Waals surface area contributed by atoms with Crippen molar-refractivity contribution in [1.29, 1.82) is 0 Å². The molecule has 0 amide bonds. The zero-order chi connectivity index (χ0) is 9.10. The molecule has 0 aliphatic carbocycles. The highest BCUT2D eigenvalue weighted by atomic mass is 15.2. The molecule has 0 spiro atoms. The number of nitrogens with zero attached hydrogens (tertiary/aromatic N) is 3. The molecule has 0 atom stereocenters. The van der Waals surface area contributed by atoms with E-state index < -0.39 is 0 Å². The summed E-state index contributed by atoms with van der Waals surface area (Å²) in [5.74, 6) is 1.78. The lowest BCUT2D eigenvalue weighted by Crippen LogP contribution is -1.98. The molecule has 0 bridgehead atoms. The third-order valence-corrected chi connectivity index (χ3v) is 1.45. The maximum atomic E-state index is 5.38. The highest BCUT2D eigenvalue weighted by Gasteiger charge is 1.96. The number of anilines is 3. The largest absolute Gasteiger partial charge is 0.382 e. The van der Waals surface area contributed by atoms with Gasteiger partial charge in [-0.1, -0.05) is 0 Å². The summed E-state index contributed by atoms with van der Waals surface area (Å²) in [6.07, 6.45) is 1.65. The highest BCUT2D eigenvalue weighted by molar-refractivity contribution is 5.50. The van der Waals surface area contributed by atoms with Gasteiger partial charge in [-0.05, 0) is 12.1 Å². The van der Waals surface area contributed by atoms with Gasteiger partial charge in [-0.25, -0.2) is 0 Å². The van der Waals surface area contributed by atoms with E-state index in [1.807, 2.05) is 0 Å². The number of aromatic amines is 1. The molecule has 2 aromatic rings. The van der Waals surface area contributed by atoms with Crippen molar-refractivity contribution in [2.45, 2.75) is 0 Å². The molecule has 0 fully saturated rings. The summed E-state index contributed by atoms with van der Waals surface area (Å²) in [6.45, 7) is 0. The Bertz CT molecular complexity index is 364. The molecule has 0 aliphatic heterocycles. The fraction of sp³-hybridized carbons (Fsp3) is 0. The first-order valence-corrected chi connectivity index (χ1v) is 3.70. The van der Waals surface area contributed by atoms with Crippen molar-refractivity contribution >= 4 is 17.5 Å². The monoisotopic (exact) mass is 176 g/mol. The van der Waals surface area contributed by atoms with Gasteiger partial charge in [0.25, 0.3) is 0 Å². The third kappa shape index (κ3) is 1.73. The predicted octanol–water partition coefficient (Wildman–Crippen LogP) is 0.526. The van der Waals surface area contributed by atoms with Crippen molar-refractivity contribution in [3.63, 3.8) is 0 Å². The lowest BCUT2D eigenvalue weighted by molar-refractivity contribution is 1.03. The molecule has 0 saturated heterocycles. The van der Waals surface area contributed by atoms with Crippen LogP contribution in [0.3, 0.4) is 0 Å². The van der Waals surface area contributed by atoms with E-state index in [4.69, 9.17) is 5.73 Å². The summed E-state index contributed by atoms with van der Waals surface area (Å²) in [4.78, 5) is 0. The second-order valence-corrected chi connectivity index (χ2v) is 2.44. The van der Waals surface area contributed by atoms with E-state index in [1.54, 1.807) is 24.4 Å². The Balaban J connectivity index is 2.15. The molecule has 2 heterocycles. The quantitative estimate of drug-likeness (QED) is 0.620. The molecule has 6 nitrogen and oxygen atoms in total. The van der Waals surface area contributed by atoms with E-state index in [-0.39, 0.29) is 0 Å². The topological polar surface area (TPSA) is 92.5 Å². The molecule has 66 valence electrons. The van der Waals surface area contributed by atoms with Crippen LogP contribution in [0.4, 0.5) is 17.5 Å². The Kier molecular flexibility index (Phi) is 1.79. The average Bonchev–Trinajstić information content (AvgIpc) is 2.62. The fourth-order valence-electron chi connectivity index (χ4n) is 0.873. The Labute approximate surface area is 74.2 Å². The second-order valence-electron chi connectivity index (χ2n) is 2.44. The fourth-order valence-corrected chi connectivity index (χ4v) is 0.873. The summed E-state index contributed by atoms with van der Waals surface area (Å²) in [5.41, 5.74) is 5.38. The molecule has 4 N–H and O–H groups in total. The van der Waals surface area contributed by atoms with Crippen LogP contribution >= 0.6 is 0 Å². The molecule has 2 aromatic heterocycles. The zero-order valence-electron chi connectivity index (χ0n) is 6.73. The van der Waals surface area contributed by atoms with Crippen molar-refractivity contribution < 1.29 is 0 Å². The zero-order valence-corrected chi connectivity index (χ0v) is 6.73. The molecular weight excluding hydrogens is 168 g/mol. The predicted molar refractivity (Wildman–Crippen MR) is 48.3 cm³/mol. The third-order valence-electron chi connectivity index (χ3n) is 1.45. The number of rotatable bonds is 2. The van der Waals surface area contributed by atoms with Gasteiger partial charge in [-0.15, -0.1) is 10.2 Å². The summed E-state index contributed by atoms with van der Waals surface area (Å²) in [6, 6.07) is 5.20. The molecular formula is C7H8N6. The second kappa shape index (κ2) is 3.10. The maximum Gasteiger partial charge on any atom is 0.154 e. The van der Waals surface area contributed by atoms with Crippen LogP contribution < -0.4 is 11.1 Å². The summed E-state index contributed by atoms with van der Waals surface area (Å²) < 4.78 is 0. The van der Waals surface area contributed by atoms with E-state index in [9.17, 15) is 0 Å². The van der Waals surface area contributed by atoms with Gasteiger partial charge in [0.2, 0.25) is 0 Å². The molecule has 0 unspecified atom stereocenters. The lowest BCUT2D eigenvalue weighted by Gasteiger charge is -2.00. The summed E-state index contributed by atoms with van der Waals surface area (Å²) in [7, 11) is 0. The average molecular weight is 176 g/mol. The minimum Gasteiger partial charge on any atom is -0.382 e. The number of aromatic nitrogens is 4. The van der Waals surface area contributed by atoms with Gasteiger partial charge in [-0.3, -0.25) is 5.10 Å². The number of nitrogens with two attached hydrogens (primary N) is 1. The van der Waals surface area contributed by atoms with Crippen LogP contribution in [0.25, 0.3) is 0 Å². The molecule has 0 saturated carbocycles. The van der Waals surface area contributed by atoms with Gasteiger partial charge in [0.1, 0.15) is 11.6 Å². The number of hydrogen-bond acceptors (Lipinski definition) is 5. The van der Waals surface area contributed by atoms with Gasteiger partial charge >= 0.3 is 0 Å². The van der Waals surface area contributed by atoms with Gasteiger partial charge < -0.3 is 11.1 Å². The minimum absolute atomic E-state index is 0.398. The van der Waals surface area contributed by atoms with E-state index in [1.165, 1.54) is 0 Å². The van der Waals surface area contributed by atoms with E-state index in [0.29, 0.717) is 11.6 Å². The highest BCUT2D eigenvalue weighted by Crippen LogP contribution is 2.09. The molecule has 0 aromatic carbocycles. The molecule has 2 rings (SSSR count). The standard InChI is InChI=1S/C7H8N6/c8-5-1-2-6(13-11-5)10-7-3-4-9-12-7/h1-4H,(H2,8,11)(H2,9,10,12,13). The van der Waals surface area contributed by atoms with E-state index in [2.05, 4.69) is 25.7 Å². The first kappa shape index (κ1) is 7.53. The first-order valence-electron chi connectivity index (χ1n) is 3.70. The number of nitrogens with one attached hydrogen (secondary N) is 2. The normalized spacial score (nSPS) is 9.85. The van der Waals surface area contributed by atoms with Gasteiger partial charge in [0.15, 0.2) is 5.82 Å². The van der Waals surface area contributed by atoms with Crippen molar-refractivity contribution in [1.82, 2.24) is 20.4 Å².